The molecule has 3 aliphatic heterocycles. The third-order valence-corrected chi connectivity index (χ3v) is 8.27. The third-order valence-electron chi connectivity index (χ3n) is 7.78. The normalized spacial score (nSPS) is 21.9. The van der Waals surface area contributed by atoms with Gasteiger partial charge in [0, 0.05) is 41.9 Å². The molecule has 1 fully saturated rings. The summed E-state index contributed by atoms with van der Waals surface area (Å²) in [4.78, 5) is 31.6. The zero-order valence-corrected chi connectivity index (χ0v) is 22.5. The van der Waals surface area contributed by atoms with Crippen LogP contribution in [0.5, 0.6) is 0 Å². The lowest BCUT2D eigenvalue weighted by molar-refractivity contribution is -0.126. The fraction of sp³-hybridized carbons (Fsp3) is 0.407. The van der Waals surface area contributed by atoms with Crippen LogP contribution < -0.4 is 10.2 Å². The Balaban J connectivity index is 1.37. The minimum Gasteiger partial charge on any atom is -0.379 e. The Morgan fingerprint density at radius 2 is 1.79 bits per heavy atom. The van der Waals surface area contributed by atoms with Crippen molar-refractivity contribution < 1.29 is 14.3 Å². The van der Waals surface area contributed by atoms with E-state index >= 15 is 0 Å². The molecule has 1 saturated heterocycles. The van der Waals surface area contributed by atoms with E-state index < -0.39 is 5.41 Å². The van der Waals surface area contributed by atoms with Gasteiger partial charge in [0.2, 0.25) is 11.8 Å². The van der Waals surface area contributed by atoms with E-state index in [0.717, 1.165) is 50.5 Å². The maximum atomic E-state index is 14.3. The molecule has 0 aliphatic carbocycles. The van der Waals surface area contributed by atoms with Gasteiger partial charge < -0.3 is 15.0 Å². The Morgan fingerprint density at radius 1 is 1.05 bits per heavy atom. The molecule has 9 nitrogen and oxygen atoms in total. The zero-order chi connectivity index (χ0) is 26.4. The summed E-state index contributed by atoms with van der Waals surface area (Å²) in [5, 5.41) is 13.0. The molecule has 1 N–H and O–H groups in total. The molecule has 0 saturated carbocycles. The van der Waals surface area contributed by atoms with Gasteiger partial charge in [-0.2, -0.15) is 0 Å². The predicted octanol–water partition coefficient (Wildman–Crippen LogP) is 3.89. The smallest absolute Gasteiger partial charge is 0.244 e. The van der Waals surface area contributed by atoms with Crippen LogP contribution >= 0.6 is 23.2 Å². The Hall–Kier alpha value is -2.98. The average Bonchev–Trinajstić information content (AvgIpc) is 3.43. The van der Waals surface area contributed by atoms with Crippen LogP contribution in [0.15, 0.2) is 42.5 Å². The molecule has 4 heterocycles. The number of aromatic nitrogens is 3. The van der Waals surface area contributed by atoms with Gasteiger partial charge in [-0.15, -0.1) is 5.10 Å². The van der Waals surface area contributed by atoms with Crippen molar-refractivity contribution in [2.75, 3.05) is 49.6 Å². The number of benzene rings is 2. The number of nitrogens with one attached hydrogen (secondary N) is 1. The van der Waals surface area contributed by atoms with Crippen molar-refractivity contribution in [2.24, 2.45) is 0 Å². The largest absolute Gasteiger partial charge is 0.379 e. The number of anilines is 2. The monoisotopic (exact) mass is 554 g/mol. The average molecular weight is 555 g/mol. The first kappa shape index (κ1) is 25.3. The van der Waals surface area contributed by atoms with Gasteiger partial charge in [-0.25, -0.2) is 4.68 Å². The fourth-order valence-corrected chi connectivity index (χ4v) is 6.09. The number of carbonyl (C=O) groups excluding carboxylic acids is 2. The summed E-state index contributed by atoms with van der Waals surface area (Å²) in [6, 6.07) is 12.6. The van der Waals surface area contributed by atoms with Crippen LogP contribution in [0.25, 0.3) is 0 Å². The summed E-state index contributed by atoms with van der Waals surface area (Å²) in [6.45, 7) is 6.60. The summed E-state index contributed by atoms with van der Waals surface area (Å²) in [7, 11) is 0. The minimum absolute atomic E-state index is 0.0554. The number of carbonyl (C=O) groups is 2. The van der Waals surface area contributed by atoms with E-state index in [2.05, 4.69) is 20.5 Å². The molecular weight excluding hydrogens is 527 g/mol. The topological polar surface area (TPSA) is 92.6 Å². The maximum Gasteiger partial charge on any atom is 0.244 e. The number of nitrogens with zero attached hydrogens (tertiary/aromatic N) is 5. The molecule has 198 valence electrons. The van der Waals surface area contributed by atoms with Crippen LogP contribution in [0, 0.1) is 0 Å². The zero-order valence-electron chi connectivity index (χ0n) is 21.0. The van der Waals surface area contributed by atoms with Crippen molar-refractivity contribution in [2.45, 2.75) is 31.2 Å². The molecule has 2 aromatic carbocycles. The maximum absolute atomic E-state index is 14.3. The van der Waals surface area contributed by atoms with E-state index in [0.29, 0.717) is 33.7 Å². The van der Waals surface area contributed by atoms with E-state index in [1.165, 1.54) is 0 Å². The van der Waals surface area contributed by atoms with Crippen LogP contribution in [-0.2, 0) is 19.7 Å². The van der Waals surface area contributed by atoms with E-state index in [1.54, 1.807) is 21.7 Å². The van der Waals surface area contributed by atoms with Gasteiger partial charge in [0.05, 0.1) is 25.7 Å². The van der Waals surface area contributed by atoms with Crippen molar-refractivity contribution >= 4 is 46.5 Å². The fourth-order valence-electron chi connectivity index (χ4n) is 5.79. The third kappa shape index (κ3) is 4.18. The van der Waals surface area contributed by atoms with E-state index in [9.17, 15) is 9.59 Å². The first-order valence-electron chi connectivity index (χ1n) is 12.8. The Kier molecular flexibility index (Phi) is 6.63. The summed E-state index contributed by atoms with van der Waals surface area (Å²) in [5.41, 5.74) is 1.57. The van der Waals surface area contributed by atoms with Gasteiger partial charge in [-0.1, -0.05) is 40.5 Å². The molecule has 38 heavy (non-hydrogen) atoms. The molecule has 11 heteroatoms. The molecule has 2 amide bonds. The highest BCUT2D eigenvalue weighted by atomic mass is 35.5. The molecule has 1 aromatic heterocycles. The first-order valence-corrected chi connectivity index (χ1v) is 13.6. The van der Waals surface area contributed by atoms with Crippen molar-refractivity contribution in [1.29, 1.82) is 0 Å². The van der Waals surface area contributed by atoms with Gasteiger partial charge in [-0.05, 0) is 54.8 Å². The summed E-state index contributed by atoms with van der Waals surface area (Å²) < 4.78 is 7.11. The van der Waals surface area contributed by atoms with E-state index in [4.69, 9.17) is 27.9 Å². The molecular formula is C27H28Cl2N6O3. The molecule has 0 unspecified atom stereocenters. The van der Waals surface area contributed by atoms with Crippen molar-refractivity contribution in [3.05, 3.63) is 69.3 Å². The first-order chi connectivity index (χ1) is 18.4. The molecule has 1 spiro atoms. The van der Waals surface area contributed by atoms with Gasteiger partial charge in [0.25, 0.3) is 0 Å². The predicted molar refractivity (Wildman–Crippen MR) is 145 cm³/mol. The molecule has 6 rings (SSSR count). The molecule has 3 aliphatic rings. The lowest BCUT2D eigenvalue weighted by Gasteiger charge is -2.32. The van der Waals surface area contributed by atoms with Crippen molar-refractivity contribution in [1.82, 2.24) is 19.9 Å². The minimum atomic E-state index is -1.28. The van der Waals surface area contributed by atoms with Crippen LogP contribution in [0.1, 0.15) is 42.6 Å². The number of fused-ring (bicyclic) bond motifs is 4. The van der Waals surface area contributed by atoms with Crippen LogP contribution in [0.3, 0.4) is 0 Å². The Morgan fingerprint density at radius 3 is 2.55 bits per heavy atom. The van der Waals surface area contributed by atoms with E-state index in [1.807, 2.05) is 37.3 Å². The van der Waals surface area contributed by atoms with Crippen LogP contribution in [-0.4, -0.2) is 71.1 Å². The molecule has 0 bridgehead atoms. The SMILES string of the molecule is C[C@@H](c1ccc(Cl)cc1)n1nnc2c1NC(=O)C[C@]21C(=O)N(CCCN2CCOCC2)c2ccc(Cl)cc21. The summed E-state index contributed by atoms with van der Waals surface area (Å²) in [5.74, 6) is -0.00372. The van der Waals surface area contributed by atoms with Crippen LogP contribution in [0.2, 0.25) is 10.0 Å². The number of hydrogen-bond donors (Lipinski definition) is 1. The summed E-state index contributed by atoms with van der Waals surface area (Å²) in [6.07, 6.45) is 0.739. The number of ether oxygens (including phenoxy) is 1. The number of rotatable bonds is 6. The number of morpholine rings is 1. The van der Waals surface area contributed by atoms with Gasteiger partial charge in [-0.3, -0.25) is 14.5 Å². The van der Waals surface area contributed by atoms with Gasteiger partial charge in [0.15, 0.2) is 5.82 Å². The Bertz CT molecular complexity index is 1390. The van der Waals surface area contributed by atoms with Crippen molar-refractivity contribution in [3.63, 3.8) is 0 Å². The lowest BCUT2D eigenvalue weighted by atomic mass is 9.73. The van der Waals surface area contributed by atoms with Crippen molar-refractivity contribution in [3.8, 4) is 0 Å². The second kappa shape index (κ2) is 9.96. The molecule has 0 radical (unpaired) electrons. The second-order valence-corrected chi connectivity index (χ2v) is 10.9. The number of hydrogen-bond acceptors (Lipinski definition) is 6. The second-order valence-electron chi connectivity index (χ2n) is 10.0. The number of halogens is 2. The van der Waals surface area contributed by atoms with Crippen LogP contribution in [0.4, 0.5) is 11.5 Å². The highest BCUT2D eigenvalue weighted by molar-refractivity contribution is 6.31. The molecule has 3 aromatic rings. The Labute approximate surface area is 230 Å². The van der Waals surface area contributed by atoms with E-state index in [-0.39, 0.29) is 24.3 Å². The highest BCUT2D eigenvalue weighted by Crippen LogP contribution is 2.52. The highest BCUT2D eigenvalue weighted by Gasteiger charge is 2.58. The van der Waals surface area contributed by atoms with Gasteiger partial charge >= 0.3 is 0 Å². The quantitative estimate of drug-likeness (QED) is 0.497. The van der Waals surface area contributed by atoms with Gasteiger partial charge in [0.1, 0.15) is 11.1 Å². The summed E-state index contributed by atoms with van der Waals surface area (Å²) >= 11 is 12.5. The number of amides is 2. The standard InChI is InChI=1S/C27H28Cl2N6O3/c1-17(18-3-5-19(28)6-4-18)35-25-24(31-32-35)27(16-23(36)30-25)21-15-20(29)7-8-22(21)34(26(27)37)10-2-9-33-11-13-38-14-12-33/h3-8,15,17H,2,9-14,16H2,1H3,(H,30,36)/t17-,27+/m0/s1. The molecule has 2 atom stereocenters. The lowest BCUT2D eigenvalue weighted by Crippen LogP contribution is -2.47.